The molecule has 0 radical (unpaired) electrons. The Bertz CT molecular complexity index is 499. The third-order valence-corrected chi connectivity index (χ3v) is 9.46. The number of rotatable bonds is 37. The Hall–Kier alpha value is 0.200. The highest BCUT2D eigenvalue weighted by atomic mass is 32.1. The summed E-state index contributed by atoms with van der Waals surface area (Å²) in [6.45, 7) is 1.86. The van der Waals surface area contributed by atoms with Gasteiger partial charge in [-0.2, -0.15) is 0 Å². The molecule has 0 aromatic heterocycles. The Balaban J connectivity index is 3.03. The summed E-state index contributed by atoms with van der Waals surface area (Å²) in [6, 6.07) is 0. The van der Waals surface area contributed by atoms with Crippen molar-refractivity contribution in [3.63, 3.8) is 0 Å². The summed E-state index contributed by atoms with van der Waals surface area (Å²) in [6.07, 6.45) is 50.4. The zero-order valence-electron chi connectivity index (χ0n) is 28.6. The number of unbranched alkanes of at least 4 members (excludes halogenated alkanes) is 34. The van der Waals surface area contributed by atoms with Gasteiger partial charge in [-0.1, -0.05) is 224 Å². The van der Waals surface area contributed by atoms with Crippen molar-refractivity contribution in [3.05, 3.63) is 0 Å². The van der Waals surface area contributed by atoms with Crippen molar-refractivity contribution >= 4 is 29.2 Å². The summed E-state index contributed by atoms with van der Waals surface area (Å²) in [5.41, 5.74) is 5.55. The molecule has 0 aromatic carbocycles. The molecule has 0 saturated carbocycles. The second kappa shape index (κ2) is 39.2. The molecule has 0 fully saturated rings. The maximum atomic E-state index is 5.55. The molecule has 0 unspecified atom stereocenters. The van der Waals surface area contributed by atoms with Crippen LogP contribution < -0.4 is 11.1 Å². The number of nitrogens with two attached hydrogens (primary N) is 1. The lowest BCUT2D eigenvalue weighted by Gasteiger charge is -2.05. The molecule has 0 rings (SSSR count). The molecule has 2 nitrogen and oxygen atoms in total. The second-order valence-corrected chi connectivity index (χ2v) is 14.6. The fraction of sp³-hybridized carbons (Fsp3) is 0.974. The SMILES string of the molecule is NCCCCCCCCCCCCCCCCCCCCCCCCCCCCCCCCCCCCCNC(=S)S. The maximum absolute atomic E-state index is 5.55. The molecule has 0 heterocycles. The van der Waals surface area contributed by atoms with Crippen molar-refractivity contribution < 1.29 is 0 Å². The molecular weight excluding hydrogens is 549 g/mol. The first kappa shape index (κ1) is 42.2. The largest absolute Gasteiger partial charge is 0.371 e. The predicted octanol–water partition coefficient (Wildman–Crippen LogP) is 13.4. The molecule has 0 aromatic rings. The van der Waals surface area contributed by atoms with E-state index in [4.69, 9.17) is 18.0 Å². The molecule has 0 bridgehead atoms. The molecule has 0 atom stereocenters. The van der Waals surface area contributed by atoms with Crippen LogP contribution in [0.4, 0.5) is 0 Å². The van der Waals surface area contributed by atoms with Crippen LogP contribution in [0.1, 0.15) is 225 Å². The van der Waals surface area contributed by atoms with E-state index < -0.39 is 0 Å². The molecule has 3 N–H and O–H groups in total. The van der Waals surface area contributed by atoms with Gasteiger partial charge in [-0.25, -0.2) is 0 Å². The van der Waals surface area contributed by atoms with Crippen molar-refractivity contribution in [2.24, 2.45) is 5.73 Å². The van der Waals surface area contributed by atoms with E-state index >= 15 is 0 Å². The van der Waals surface area contributed by atoms with Crippen LogP contribution in [0.25, 0.3) is 0 Å². The number of thiocarbonyl (C=S) groups is 1. The number of nitrogens with one attached hydrogen (secondary N) is 1. The Kier molecular flexibility index (Phi) is 39.4. The molecule has 42 heavy (non-hydrogen) atoms. The summed E-state index contributed by atoms with van der Waals surface area (Å²) in [5, 5.41) is 3.12. The fourth-order valence-corrected chi connectivity index (χ4v) is 6.51. The van der Waals surface area contributed by atoms with E-state index in [-0.39, 0.29) is 0 Å². The monoisotopic (exact) mass is 627 g/mol. The van der Waals surface area contributed by atoms with Crippen molar-refractivity contribution in [3.8, 4) is 0 Å². The highest BCUT2D eigenvalue weighted by molar-refractivity contribution is 8.11. The zero-order valence-corrected chi connectivity index (χ0v) is 30.3. The lowest BCUT2D eigenvalue weighted by atomic mass is 10.0. The van der Waals surface area contributed by atoms with E-state index in [1.807, 2.05) is 0 Å². The minimum atomic E-state index is 0.630. The average Bonchev–Trinajstić information content (AvgIpc) is 2.98. The van der Waals surface area contributed by atoms with E-state index in [9.17, 15) is 0 Å². The van der Waals surface area contributed by atoms with Crippen LogP contribution in [0.3, 0.4) is 0 Å². The van der Waals surface area contributed by atoms with Crippen LogP contribution in [-0.2, 0) is 0 Å². The van der Waals surface area contributed by atoms with Gasteiger partial charge < -0.3 is 11.1 Å². The summed E-state index contributed by atoms with van der Waals surface area (Å²) in [7, 11) is 0. The summed E-state index contributed by atoms with van der Waals surface area (Å²) in [5.74, 6) is 0. The summed E-state index contributed by atoms with van der Waals surface area (Å²) < 4.78 is 0.630. The summed E-state index contributed by atoms with van der Waals surface area (Å²) in [4.78, 5) is 0. The van der Waals surface area contributed by atoms with Gasteiger partial charge >= 0.3 is 0 Å². The van der Waals surface area contributed by atoms with Gasteiger partial charge in [0.25, 0.3) is 0 Å². The van der Waals surface area contributed by atoms with Crippen molar-refractivity contribution in [1.29, 1.82) is 0 Å². The Morgan fingerprint density at radius 1 is 0.333 bits per heavy atom. The lowest BCUT2D eigenvalue weighted by Crippen LogP contribution is -2.17. The molecule has 0 amide bonds. The molecule has 252 valence electrons. The van der Waals surface area contributed by atoms with E-state index in [0.29, 0.717) is 4.32 Å². The van der Waals surface area contributed by atoms with Gasteiger partial charge in [-0.15, -0.1) is 12.6 Å². The van der Waals surface area contributed by atoms with Crippen molar-refractivity contribution in [1.82, 2.24) is 5.32 Å². The first-order valence-electron chi connectivity index (χ1n) is 19.4. The van der Waals surface area contributed by atoms with E-state index in [1.54, 1.807) is 0 Å². The highest BCUT2D eigenvalue weighted by Gasteiger charge is 1.98. The van der Waals surface area contributed by atoms with Crippen LogP contribution in [0.2, 0.25) is 0 Å². The maximum Gasteiger partial charge on any atom is 0.130 e. The van der Waals surface area contributed by atoms with Gasteiger partial charge in [0.15, 0.2) is 0 Å². The third kappa shape index (κ3) is 40.2. The van der Waals surface area contributed by atoms with Gasteiger partial charge in [0, 0.05) is 6.54 Å². The molecule has 4 heteroatoms. The minimum Gasteiger partial charge on any atom is -0.371 e. The van der Waals surface area contributed by atoms with Crippen LogP contribution in [0, 0.1) is 0 Å². The Morgan fingerprint density at radius 2 is 0.500 bits per heavy atom. The fourth-order valence-electron chi connectivity index (χ4n) is 6.30. The third-order valence-electron chi connectivity index (χ3n) is 9.16. The van der Waals surface area contributed by atoms with Gasteiger partial charge in [-0.3, -0.25) is 0 Å². The summed E-state index contributed by atoms with van der Waals surface area (Å²) >= 11 is 8.99. The number of thiol groups is 1. The minimum absolute atomic E-state index is 0.630. The topological polar surface area (TPSA) is 38.0 Å². The van der Waals surface area contributed by atoms with Crippen LogP contribution in [0.15, 0.2) is 0 Å². The number of hydrogen-bond acceptors (Lipinski definition) is 2. The smallest absolute Gasteiger partial charge is 0.130 e. The van der Waals surface area contributed by atoms with Crippen molar-refractivity contribution in [2.45, 2.75) is 225 Å². The second-order valence-electron chi connectivity index (χ2n) is 13.4. The lowest BCUT2D eigenvalue weighted by molar-refractivity contribution is 0.510. The van der Waals surface area contributed by atoms with E-state index in [1.165, 1.54) is 225 Å². The molecule has 0 aliphatic heterocycles. The van der Waals surface area contributed by atoms with Gasteiger partial charge in [-0.05, 0) is 19.4 Å². The quantitative estimate of drug-likeness (QED) is 0.0365. The zero-order chi connectivity index (χ0) is 30.4. The normalized spacial score (nSPS) is 11.4. The molecular formula is C38H78N2S2. The Labute approximate surface area is 277 Å². The molecule has 0 saturated heterocycles. The van der Waals surface area contributed by atoms with Crippen molar-refractivity contribution in [2.75, 3.05) is 13.1 Å². The molecule has 0 aliphatic carbocycles. The Morgan fingerprint density at radius 3 is 0.667 bits per heavy atom. The number of hydrogen-bond donors (Lipinski definition) is 3. The van der Waals surface area contributed by atoms with E-state index in [2.05, 4.69) is 17.9 Å². The molecule has 0 aliphatic rings. The highest BCUT2D eigenvalue weighted by Crippen LogP contribution is 2.17. The molecule has 0 spiro atoms. The van der Waals surface area contributed by atoms with Crippen LogP contribution in [0.5, 0.6) is 0 Å². The van der Waals surface area contributed by atoms with Gasteiger partial charge in [0.1, 0.15) is 4.32 Å². The standard InChI is InChI=1S/C38H78N2S2/c39-36-34-32-30-28-26-24-22-20-18-16-14-12-10-8-6-4-2-1-3-5-7-9-11-13-15-17-19-21-23-25-27-29-31-33-35-37-40-38(41)42/h1-37,39H2,(H2,40,41,42). The average molecular weight is 627 g/mol. The van der Waals surface area contributed by atoms with Gasteiger partial charge in [0.2, 0.25) is 0 Å². The first-order valence-corrected chi connectivity index (χ1v) is 20.3. The van der Waals surface area contributed by atoms with Crippen LogP contribution >= 0.6 is 24.8 Å². The van der Waals surface area contributed by atoms with Crippen LogP contribution in [-0.4, -0.2) is 17.4 Å². The van der Waals surface area contributed by atoms with E-state index in [0.717, 1.165) is 13.1 Å². The predicted molar refractivity (Wildman–Crippen MR) is 200 cm³/mol. The first-order chi connectivity index (χ1) is 20.8. The van der Waals surface area contributed by atoms with Gasteiger partial charge in [0.05, 0.1) is 0 Å².